The van der Waals surface area contributed by atoms with Crippen molar-refractivity contribution in [3.05, 3.63) is 71.8 Å². The predicted octanol–water partition coefficient (Wildman–Crippen LogP) is 4.42. The second-order valence-electron chi connectivity index (χ2n) is 11.9. The zero-order valence-corrected chi connectivity index (χ0v) is 23.0. The minimum absolute atomic E-state index is 0.115. The highest BCUT2D eigenvalue weighted by Crippen LogP contribution is 2.42. The van der Waals surface area contributed by atoms with Gasteiger partial charge in [-0.2, -0.15) is 0 Å². The van der Waals surface area contributed by atoms with E-state index in [1.54, 1.807) is 0 Å². The average Bonchev–Trinajstić information content (AvgIpc) is 3.35. The number of piperidine rings is 2. The second-order valence-corrected chi connectivity index (χ2v) is 11.9. The van der Waals surface area contributed by atoms with E-state index in [9.17, 15) is 9.59 Å². The summed E-state index contributed by atoms with van der Waals surface area (Å²) in [5.41, 5.74) is 1.18. The lowest BCUT2D eigenvalue weighted by Gasteiger charge is -2.44. The Labute approximate surface area is 231 Å². The zero-order chi connectivity index (χ0) is 26.9. The van der Waals surface area contributed by atoms with E-state index >= 15 is 0 Å². The van der Waals surface area contributed by atoms with E-state index in [0.717, 1.165) is 38.5 Å². The summed E-state index contributed by atoms with van der Waals surface area (Å²) in [7, 11) is 4.39. The SMILES string of the molecule is CN1[C@H]2CC[C@@H]1[C@H](COC[C@H]1[C@@H](OC(=O)c3ccccc3)C[C@H]3CC[C@@H]1N3C)[C@H](OC(=O)c1ccccc1)C2. The molecule has 4 saturated heterocycles. The number of benzene rings is 2. The van der Waals surface area contributed by atoms with Crippen LogP contribution in [0.25, 0.3) is 0 Å². The largest absolute Gasteiger partial charge is 0.458 e. The third-order valence-electron chi connectivity index (χ3n) is 9.90. The third kappa shape index (κ3) is 5.37. The standard InChI is InChI=1S/C32H40N2O5/c1-33-23-13-15-27(33)25(29(17-23)38-31(35)21-9-5-3-6-10-21)19-37-20-26-28-16-14-24(34(28)2)18-30(26)39-32(36)22-11-7-4-8-12-22/h3-12,23-30H,13-20H2,1-2H3/t23-,24+,25-,26+,27+,28-,29+,30-. The predicted molar refractivity (Wildman–Crippen MR) is 147 cm³/mol. The Morgan fingerprint density at radius 3 is 1.49 bits per heavy atom. The molecular weight excluding hydrogens is 492 g/mol. The van der Waals surface area contributed by atoms with Crippen molar-refractivity contribution in [2.75, 3.05) is 27.3 Å². The Morgan fingerprint density at radius 2 is 1.08 bits per heavy atom. The van der Waals surface area contributed by atoms with E-state index in [0.29, 0.717) is 48.5 Å². The molecule has 0 aliphatic carbocycles. The maximum absolute atomic E-state index is 12.9. The minimum Gasteiger partial charge on any atom is -0.458 e. The lowest BCUT2D eigenvalue weighted by molar-refractivity contribution is -0.0890. The minimum atomic E-state index is -0.256. The van der Waals surface area contributed by atoms with Crippen LogP contribution in [0.1, 0.15) is 59.2 Å². The molecule has 0 unspecified atom stereocenters. The summed E-state index contributed by atoms with van der Waals surface area (Å²) in [6.07, 6.45) is 5.81. The van der Waals surface area contributed by atoms with Crippen molar-refractivity contribution in [1.29, 1.82) is 0 Å². The first-order valence-electron chi connectivity index (χ1n) is 14.5. The van der Waals surface area contributed by atoms with Crippen molar-refractivity contribution in [3.8, 4) is 0 Å². The summed E-state index contributed by atoms with van der Waals surface area (Å²) in [5, 5.41) is 0. The van der Waals surface area contributed by atoms with E-state index in [-0.39, 0.29) is 36.0 Å². The van der Waals surface area contributed by atoms with Crippen molar-refractivity contribution < 1.29 is 23.8 Å². The number of hydrogen-bond donors (Lipinski definition) is 0. The molecule has 7 heteroatoms. The van der Waals surface area contributed by atoms with Gasteiger partial charge in [-0.1, -0.05) is 36.4 Å². The van der Waals surface area contributed by atoms with Gasteiger partial charge in [0.2, 0.25) is 0 Å². The number of carbonyl (C=O) groups is 2. The normalized spacial score (nSPS) is 34.1. The summed E-state index contributed by atoms with van der Waals surface area (Å²) < 4.78 is 18.8. The van der Waals surface area contributed by atoms with Crippen LogP contribution in [-0.4, -0.2) is 85.4 Å². The van der Waals surface area contributed by atoms with Crippen LogP contribution in [0.5, 0.6) is 0 Å². The maximum Gasteiger partial charge on any atom is 0.338 e. The fourth-order valence-corrected chi connectivity index (χ4v) is 7.67. The molecule has 4 aliphatic rings. The molecule has 0 spiro atoms. The summed E-state index contributed by atoms with van der Waals surface area (Å²) in [6, 6.07) is 20.1. The van der Waals surface area contributed by atoms with Gasteiger partial charge >= 0.3 is 11.9 Å². The summed E-state index contributed by atoms with van der Waals surface area (Å²) in [4.78, 5) is 30.8. The van der Waals surface area contributed by atoms with Crippen LogP contribution >= 0.6 is 0 Å². The Hall–Kier alpha value is -2.74. The highest BCUT2D eigenvalue weighted by molar-refractivity contribution is 5.89. The molecule has 208 valence electrons. The molecule has 4 aliphatic heterocycles. The molecular formula is C32H40N2O5. The first kappa shape index (κ1) is 26.5. The Bertz CT molecular complexity index is 1050. The molecule has 8 atom stereocenters. The molecule has 0 N–H and O–H groups in total. The summed E-state index contributed by atoms with van der Waals surface area (Å²) in [6.45, 7) is 1.06. The quantitative estimate of drug-likeness (QED) is 0.466. The van der Waals surface area contributed by atoms with Crippen molar-refractivity contribution in [3.63, 3.8) is 0 Å². The molecule has 7 nitrogen and oxygen atoms in total. The smallest absolute Gasteiger partial charge is 0.338 e. The molecule has 2 aromatic carbocycles. The highest BCUT2D eigenvalue weighted by atomic mass is 16.6. The summed E-state index contributed by atoms with van der Waals surface area (Å²) >= 11 is 0. The molecule has 0 radical (unpaired) electrons. The fourth-order valence-electron chi connectivity index (χ4n) is 7.67. The van der Waals surface area contributed by atoms with Crippen LogP contribution in [0.2, 0.25) is 0 Å². The molecule has 2 aromatic rings. The number of fused-ring (bicyclic) bond motifs is 4. The van der Waals surface area contributed by atoms with Gasteiger partial charge in [-0.25, -0.2) is 9.59 Å². The van der Waals surface area contributed by atoms with Crippen molar-refractivity contribution in [2.24, 2.45) is 11.8 Å². The number of rotatable bonds is 8. The number of carbonyl (C=O) groups excluding carboxylic acids is 2. The van der Waals surface area contributed by atoms with Crippen LogP contribution in [0.15, 0.2) is 60.7 Å². The van der Waals surface area contributed by atoms with Crippen LogP contribution < -0.4 is 0 Å². The number of nitrogens with zero attached hydrogens (tertiary/aromatic N) is 2. The molecule has 4 fully saturated rings. The number of hydrogen-bond acceptors (Lipinski definition) is 7. The van der Waals surface area contributed by atoms with Crippen LogP contribution in [-0.2, 0) is 14.2 Å². The Kier molecular flexibility index (Phi) is 7.74. The number of esters is 2. The van der Waals surface area contributed by atoms with Crippen LogP contribution in [0, 0.1) is 11.8 Å². The maximum atomic E-state index is 12.9. The number of ether oxygens (including phenoxy) is 3. The van der Waals surface area contributed by atoms with E-state index < -0.39 is 0 Å². The first-order valence-corrected chi connectivity index (χ1v) is 14.5. The van der Waals surface area contributed by atoms with Crippen LogP contribution in [0.3, 0.4) is 0 Å². The molecule has 39 heavy (non-hydrogen) atoms. The van der Waals surface area contributed by atoms with Crippen molar-refractivity contribution in [1.82, 2.24) is 9.80 Å². The molecule has 4 heterocycles. The zero-order valence-electron chi connectivity index (χ0n) is 23.0. The average molecular weight is 533 g/mol. The van der Waals surface area contributed by atoms with Gasteiger partial charge in [0.1, 0.15) is 12.2 Å². The van der Waals surface area contributed by atoms with Crippen LogP contribution in [0.4, 0.5) is 0 Å². The van der Waals surface area contributed by atoms with Gasteiger partial charge in [-0.15, -0.1) is 0 Å². The van der Waals surface area contributed by atoms with E-state index in [4.69, 9.17) is 14.2 Å². The summed E-state index contributed by atoms with van der Waals surface area (Å²) in [5.74, 6) is -0.282. The topological polar surface area (TPSA) is 68.3 Å². The van der Waals surface area contributed by atoms with Gasteiger partial charge in [-0.3, -0.25) is 9.80 Å². The third-order valence-corrected chi connectivity index (χ3v) is 9.90. The van der Waals surface area contributed by atoms with Gasteiger partial charge in [0.25, 0.3) is 0 Å². The lowest BCUT2D eigenvalue weighted by atomic mass is 9.87. The molecule has 0 saturated carbocycles. The van der Waals surface area contributed by atoms with Gasteiger partial charge in [-0.05, 0) is 64.0 Å². The molecule has 0 amide bonds. The highest BCUT2D eigenvalue weighted by Gasteiger charge is 2.49. The van der Waals surface area contributed by atoms with E-state index in [1.807, 2.05) is 60.7 Å². The first-order chi connectivity index (χ1) is 19.0. The molecule has 6 rings (SSSR count). The van der Waals surface area contributed by atoms with Crippen molar-refractivity contribution in [2.45, 2.75) is 74.9 Å². The van der Waals surface area contributed by atoms with Gasteiger partial charge in [0, 0.05) is 48.8 Å². The van der Waals surface area contributed by atoms with Gasteiger partial charge < -0.3 is 14.2 Å². The Morgan fingerprint density at radius 1 is 0.667 bits per heavy atom. The van der Waals surface area contributed by atoms with E-state index in [1.165, 1.54) is 0 Å². The van der Waals surface area contributed by atoms with Gasteiger partial charge in [0.15, 0.2) is 0 Å². The molecule has 4 bridgehead atoms. The van der Waals surface area contributed by atoms with Crippen molar-refractivity contribution >= 4 is 11.9 Å². The lowest BCUT2D eigenvalue weighted by Crippen LogP contribution is -2.53. The fraction of sp³-hybridized carbons (Fsp3) is 0.562. The molecule has 0 aromatic heterocycles. The second kappa shape index (κ2) is 11.4. The Balaban J connectivity index is 1.13. The van der Waals surface area contributed by atoms with Gasteiger partial charge in [0.05, 0.1) is 24.3 Å². The monoisotopic (exact) mass is 532 g/mol. The van der Waals surface area contributed by atoms with E-state index in [2.05, 4.69) is 23.9 Å².